The van der Waals surface area contributed by atoms with Crippen molar-refractivity contribution >= 4 is 15.9 Å². The molecular formula is C16H10BrFN6O. The molecule has 7 nitrogen and oxygen atoms in total. The van der Waals surface area contributed by atoms with Gasteiger partial charge in [0.1, 0.15) is 12.4 Å². The van der Waals surface area contributed by atoms with Gasteiger partial charge in [0.25, 0.3) is 5.89 Å². The fourth-order valence-corrected chi connectivity index (χ4v) is 2.72. The van der Waals surface area contributed by atoms with Crippen LogP contribution in [0.4, 0.5) is 4.39 Å². The molecular weight excluding hydrogens is 391 g/mol. The van der Waals surface area contributed by atoms with E-state index in [9.17, 15) is 4.39 Å². The minimum atomic E-state index is -0.388. The lowest BCUT2D eigenvalue weighted by Crippen LogP contribution is -2.04. The largest absolute Gasteiger partial charge is 0.337 e. The van der Waals surface area contributed by atoms with Gasteiger partial charge in [-0.3, -0.25) is 0 Å². The van der Waals surface area contributed by atoms with Crippen LogP contribution < -0.4 is 0 Å². The van der Waals surface area contributed by atoms with Crippen molar-refractivity contribution in [3.8, 4) is 22.8 Å². The van der Waals surface area contributed by atoms with E-state index in [0.717, 1.165) is 5.56 Å². The van der Waals surface area contributed by atoms with E-state index in [1.165, 1.54) is 16.9 Å². The Kier molecular flexibility index (Phi) is 4.06. The number of tetrazole rings is 1. The molecule has 0 amide bonds. The molecule has 0 fully saturated rings. The Morgan fingerprint density at radius 2 is 1.88 bits per heavy atom. The summed E-state index contributed by atoms with van der Waals surface area (Å²) in [5.41, 5.74) is 1.38. The van der Waals surface area contributed by atoms with E-state index in [0.29, 0.717) is 27.6 Å². The maximum absolute atomic E-state index is 13.5. The third-order valence-electron chi connectivity index (χ3n) is 3.35. The van der Waals surface area contributed by atoms with E-state index < -0.39 is 0 Å². The molecule has 0 saturated carbocycles. The van der Waals surface area contributed by atoms with Crippen molar-refractivity contribution in [1.29, 1.82) is 0 Å². The zero-order valence-electron chi connectivity index (χ0n) is 12.7. The molecule has 9 heteroatoms. The summed E-state index contributed by atoms with van der Waals surface area (Å²) in [5, 5.41) is 16.1. The Bertz CT molecular complexity index is 996. The SMILES string of the molecule is Fc1cc(Br)cc(-c2noc(Cn3nnc(-c4ccccc4)n3)n2)c1. The third kappa shape index (κ3) is 3.45. The summed E-state index contributed by atoms with van der Waals surface area (Å²) in [7, 11) is 0. The van der Waals surface area contributed by atoms with Crippen molar-refractivity contribution in [2.75, 3.05) is 0 Å². The third-order valence-corrected chi connectivity index (χ3v) is 3.81. The van der Waals surface area contributed by atoms with Crippen LogP contribution >= 0.6 is 15.9 Å². The minimum Gasteiger partial charge on any atom is -0.337 e. The second-order valence-corrected chi connectivity index (χ2v) is 6.09. The van der Waals surface area contributed by atoms with Gasteiger partial charge in [0.15, 0.2) is 0 Å². The molecule has 2 heterocycles. The summed E-state index contributed by atoms with van der Waals surface area (Å²) in [6, 6.07) is 13.9. The molecule has 0 bridgehead atoms. The maximum Gasteiger partial charge on any atom is 0.250 e. The number of benzene rings is 2. The fourth-order valence-electron chi connectivity index (χ4n) is 2.25. The van der Waals surface area contributed by atoms with Crippen molar-refractivity contribution in [1.82, 2.24) is 30.3 Å². The molecule has 124 valence electrons. The molecule has 4 rings (SSSR count). The first-order chi connectivity index (χ1) is 12.2. The van der Waals surface area contributed by atoms with Crippen LogP contribution in [0, 0.1) is 5.82 Å². The van der Waals surface area contributed by atoms with Crippen LogP contribution in [0.3, 0.4) is 0 Å². The topological polar surface area (TPSA) is 82.5 Å². The van der Waals surface area contributed by atoms with Gasteiger partial charge in [-0.25, -0.2) is 4.39 Å². The van der Waals surface area contributed by atoms with Crippen molar-refractivity contribution in [2.24, 2.45) is 0 Å². The highest BCUT2D eigenvalue weighted by atomic mass is 79.9. The zero-order chi connectivity index (χ0) is 17.2. The van der Waals surface area contributed by atoms with Gasteiger partial charge >= 0.3 is 0 Å². The van der Waals surface area contributed by atoms with E-state index >= 15 is 0 Å². The second-order valence-electron chi connectivity index (χ2n) is 5.18. The lowest BCUT2D eigenvalue weighted by Gasteiger charge is -1.96. The summed E-state index contributed by atoms with van der Waals surface area (Å²) < 4.78 is 19.3. The Balaban J connectivity index is 1.55. The van der Waals surface area contributed by atoms with Crippen LogP contribution in [-0.4, -0.2) is 30.3 Å². The first kappa shape index (κ1) is 15.6. The zero-order valence-corrected chi connectivity index (χ0v) is 14.3. The van der Waals surface area contributed by atoms with E-state index in [1.807, 2.05) is 30.3 Å². The summed E-state index contributed by atoms with van der Waals surface area (Å²) >= 11 is 3.24. The van der Waals surface area contributed by atoms with Crippen molar-refractivity contribution < 1.29 is 8.91 Å². The number of nitrogens with zero attached hydrogens (tertiary/aromatic N) is 6. The maximum atomic E-state index is 13.5. The highest BCUT2D eigenvalue weighted by molar-refractivity contribution is 9.10. The van der Waals surface area contributed by atoms with Crippen LogP contribution in [0.2, 0.25) is 0 Å². The normalized spacial score (nSPS) is 11.0. The molecule has 0 atom stereocenters. The molecule has 0 aliphatic carbocycles. The van der Waals surface area contributed by atoms with Crippen LogP contribution in [0.25, 0.3) is 22.8 Å². The van der Waals surface area contributed by atoms with E-state index in [4.69, 9.17) is 4.52 Å². The van der Waals surface area contributed by atoms with Crippen LogP contribution in [0.15, 0.2) is 57.5 Å². The molecule has 4 aromatic rings. The van der Waals surface area contributed by atoms with E-state index in [2.05, 4.69) is 41.5 Å². The first-order valence-corrected chi connectivity index (χ1v) is 8.09. The van der Waals surface area contributed by atoms with Gasteiger partial charge in [0.05, 0.1) is 0 Å². The summed E-state index contributed by atoms with van der Waals surface area (Å²) in [4.78, 5) is 5.61. The van der Waals surface area contributed by atoms with Gasteiger partial charge in [-0.1, -0.05) is 51.4 Å². The summed E-state index contributed by atoms with van der Waals surface area (Å²) in [6.07, 6.45) is 0. The van der Waals surface area contributed by atoms with E-state index in [-0.39, 0.29) is 12.4 Å². The number of halogens is 2. The van der Waals surface area contributed by atoms with E-state index in [1.54, 1.807) is 6.07 Å². The summed E-state index contributed by atoms with van der Waals surface area (Å²) in [5.74, 6) is 0.710. The Morgan fingerprint density at radius 1 is 1.04 bits per heavy atom. The second kappa shape index (κ2) is 6.52. The highest BCUT2D eigenvalue weighted by Crippen LogP contribution is 2.22. The van der Waals surface area contributed by atoms with Gasteiger partial charge in [-0.2, -0.15) is 9.78 Å². The lowest BCUT2D eigenvalue weighted by molar-refractivity contribution is 0.356. The quantitative estimate of drug-likeness (QED) is 0.522. The molecule has 2 aromatic carbocycles. The molecule has 0 unspecified atom stereocenters. The Hall–Kier alpha value is -2.94. The molecule has 0 spiro atoms. The number of hydrogen-bond acceptors (Lipinski definition) is 6. The number of aromatic nitrogens is 6. The summed E-state index contributed by atoms with van der Waals surface area (Å²) in [6.45, 7) is 0.170. The monoisotopic (exact) mass is 400 g/mol. The van der Waals surface area contributed by atoms with Crippen LogP contribution in [0.1, 0.15) is 5.89 Å². The van der Waals surface area contributed by atoms with Crippen LogP contribution in [-0.2, 0) is 6.54 Å². The van der Waals surface area contributed by atoms with Crippen molar-refractivity contribution in [3.63, 3.8) is 0 Å². The molecule has 0 N–H and O–H groups in total. The van der Waals surface area contributed by atoms with Gasteiger partial charge in [-0.15, -0.1) is 10.2 Å². The van der Waals surface area contributed by atoms with Crippen molar-refractivity contribution in [3.05, 3.63) is 64.7 Å². The van der Waals surface area contributed by atoms with Crippen LogP contribution in [0.5, 0.6) is 0 Å². The molecule has 0 saturated heterocycles. The minimum absolute atomic E-state index is 0.170. The first-order valence-electron chi connectivity index (χ1n) is 7.30. The molecule has 0 radical (unpaired) electrons. The van der Waals surface area contributed by atoms with Crippen molar-refractivity contribution in [2.45, 2.75) is 6.54 Å². The number of rotatable bonds is 4. The van der Waals surface area contributed by atoms with Gasteiger partial charge in [0, 0.05) is 15.6 Å². The fraction of sp³-hybridized carbons (Fsp3) is 0.0625. The Morgan fingerprint density at radius 3 is 2.68 bits per heavy atom. The predicted octanol–water partition coefficient (Wildman–Crippen LogP) is 3.34. The smallest absolute Gasteiger partial charge is 0.250 e. The standard InChI is InChI=1S/C16H10BrFN6O/c17-12-6-11(7-13(18)8-12)15-19-14(25-22-15)9-24-21-16(20-23-24)10-4-2-1-3-5-10/h1-8H,9H2. The molecule has 2 aromatic heterocycles. The lowest BCUT2D eigenvalue weighted by atomic mass is 10.2. The van der Waals surface area contributed by atoms with Gasteiger partial charge in [-0.05, 0) is 23.4 Å². The number of hydrogen-bond donors (Lipinski definition) is 0. The van der Waals surface area contributed by atoms with Gasteiger partial charge < -0.3 is 4.52 Å². The molecule has 0 aliphatic rings. The molecule has 0 aliphatic heterocycles. The Labute approximate surface area is 149 Å². The average Bonchev–Trinajstić information content (AvgIpc) is 3.25. The van der Waals surface area contributed by atoms with Gasteiger partial charge in [0.2, 0.25) is 11.6 Å². The molecule has 25 heavy (non-hydrogen) atoms. The predicted molar refractivity (Wildman–Crippen MR) is 89.7 cm³/mol. The highest BCUT2D eigenvalue weighted by Gasteiger charge is 2.13. The average molecular weight is 401 g/mol.